The van der Waals surface area contributed by atoms with Crippen LogP contribution in [0.15, 0.2) is 24.3 Å². The van der Waals surface area contributed by atoms with E-state index in [0.717, 1.165) is 52.4 Å². The smallest absolute Gasteiger partial charge is 0.0642 e. The summed E-state index contributed by atoms with van der Waals surface area (Å²) in [6.45, 7) is 8.65. The van der Waals surface area contributed by atoms with Crippen LogP contribution < -0.4 is 4.90 Å². The summed E-state index contributed by atoms with van der Waals surface area (Å²) in [5.74, 6) is 0.442. The molecule has 4 heteroatoms. The van der Waals surface area contributed by atoms with E-state index >= 15 is 0 Å². The van der Waals surface area contributed by atoms with Gasteiger partial charge in [-0.1, -0.05) is 12.1 Å². The number of anilines is 1. The molecule has 0 aliphatic carbocycles. The Bertz CT molecular complexity index is 441. The van der Waals surface area contributed by atoms with E-state index < -0.39 is 0 Å². The van der Waals surface area contributed by atoms with Gasteiger partial charge in [0.2, 0.25) is 0 Å². The van der Waals surface area contributed by atoms with Crippen molar-refractivity contribution in [1.29, 1.82) is 0 Å². The molecule has 2 atom stereocenters. The predicted octanol–water partition coefficient (Wildman–Crippen LogP) is 1.73. The third-order valence-corrected chi connectivity index (χ3v) is 4.71. The third kappa shape index (κ3) is 3.76. The minimum absolute atomic E-state index is 0.182. The van der Waals surface area contributed by atoms with Gasteiger partial charge in [-0.2, -0.15) is 0 Å². The summed E-state index contributed by atoms with van der Waals surface area (Å²) in [6.07, 6.45) is 0.933. The summed E-state index contributed by atoms with van der Waals surface area (Å²) < 4.78 is 5.39. The molecule has 2 saturated heterocycles. The molecule has 0 spiro atoms. The van der Waals surface area contributed by atoms with E-state index in [4.69, 9.17) is 4.74 Å². The maximum absolute atomic E-state index is 9.67. The second-order valence-corrected chi connectivity index (χ2v) is 6.29. The summed E-state index contributed by atoms with van der Waals surface area (Å²) >= 11 is 0. The van der Waals surface area contributed by atoms with Crippen LogP contribution in [0.1, 0.15) is 18.9 Å². The zero-order valence-corrected chi connectivity index (χ0v) is 12.9. The monoisotopic (exact) mass is 290 g/mol. The van der Waals surface area contributed by atoms with Crippen molar-refractivity contribution in [2.45, 2.75) is 26.0 Å². The van der Waals surface area contributed by atoms with Gasteiger partial charge in [0.25, 0.3) is 0 Å². The minimum Gasteiger partial charge on any atom is -0.393 e. The summed E-state index contributed by atoms with van der Waals surface area (Å²) in [6, 6.07) is 8.92. The highest BCUT2D eigenvalue weighted by Crippen LogP contribution is 2.23. The minimum atomic E-state index is -0.182. The van der Waals surface area contributed by atoms with Crippen molar-refractivity contribution in [3.05, 3.63) is 29.8 Å². The molecule has 4 nitrogen and oxygen atoms in total. The largest absolute Gasteiger partial charge is 0.393 e. The topological polar surface area (TPSA) is 35.9 Å². The van der Waals surface area contributed by atoms with Crippen LogP contribution in [0.3, 0.4) is 0 Å². The Kier molecular flexibility index (Phi) is 4.78. The average molecular weight is 290 g/mol. The van der Waals surface area contributed by atoms with E-state index in [-0.39, 0.29) is 6.10 Å². The van der Waals surface area contributed by atoms with Crippen molar-refractivity contribution in [3.8, 4) is 0 Å². The van der Waals surface area contributed by atoms with Gasteiger partial charge in [-0.05, 0) is 43.5 Å². The number of aliphatic hydroxyl groups excluding tert-OH is 1. The lowest BCUT2D eigenvalue weighted by atomic mass is 10.0. The van der Waals surface area contributed by atoms with Crippen molar-refractivity contribution in [2.75, 3.05) is 44.3 Å². The third-order valence-electron chi connectivity index (χ3n) is 4.71. The number of rotatable bonds is 4. The maximum Gasteiger partial charge on any atom is 0.0642 e. The second kappa shape index (κ2) is 6.77. The first-order valence-electron chi connectivity index (χ1n) is 8.04. The molecule has 116 valence electrons. The van der Waals surface area contributed by atoms with Crippen molar-refractivity contribution in [2.24, 2.45) is 5.92 Å². The van der Waals surface area contributed by atoms with Crippen LogP contribution in [0.25, 0.3) is 0 Å². The quantitative estimate of drug-likeness (QED) is 0.916. The van der Waals surface area contributed by atoms with Crippen molar-refractivity contribution in [3.63, 3.8) is 0 Å². The molecule has 2 aliphatic heterocycles. The van der Waals surface area contributed by atoms with Crippen molar-refractivity contribution >= 4 is 5.69 Å². The zero-order valence-electron chi connectivity index (χ0n) is 12.9. The van der Waals surface area contributed by atoms with Gasteiger partial charge < -0.3 is 14.7 Å². The number of morpholine rings is 1. The highest BCUT2D eigenvalue weighted by molar-refractivity contribution is 5.47. The highest BCUT2D eigenvalue weighted by Gasteiger charge is 2.25. The number of hydrogen-bond donors (Lipinski definition) is 1. The van der Waals surface area contributed by atoms with Crippen LogP contribution >= 0.6 is 0 Å². The van der Waals surface area contributed by atoms with Gasteiger partial charge in [-0.25, -0.2) is 0 Å². The van der Waals surface area contributed by atoms with Gasteiger partial charge in [-0.15, -0.1) is 0 Å². The first kappa shape index (κ1) is 14.8. The molecule has 3 rings (SSSR count). The number of aliphatic hydroxyl groups is 1. The van der Waals surface area contributed by atoms with Gasteiger partial charge in [0.1, 0.15) is 0 Å². The summed E-state index contributed by atoms with van der Waals surface area (Å²) in [5.41, 5.74) is 2.66. The Morgan fingerprint density at radius 1 is 1.19 bits per heavy atom. The molecule has 1 N–H and O–H groups in total. The Morgan fingerprint density at radius 3 is 2.52 bits per heavy atom. The number of likely N-dealkylation sites (tertiary alicyclic amines) is 1. The molecule has 2 fully saturated rings. The van der Waals surface area contributed by atoms with Gasteiger partial charge >= 0.3 is 0 Å². The standard InChI is InChI=1S/C17H26N2O2/c1-14(20)16-6-7-18(13-16)12-15-2-4-17(5-3-15)19-8-10-21-11-9-19/h2-5,14,16,20H,6-13H2,1H3. The lowest BCUT2D eigenvalue weighted by Gasteiger charge is -2.29. The van der Waals surface area contributed by atoms with Crippen molar-refractivity contribution < 1.29 is 9.84 Å². The van der Waals surface area contributed by atoms with E-state index in [1.165, 1.54) is 11.3 Å². The average Bonchev–Trinajstić information content (AvgIpc) is 2.98. The Labute approximate surface area is 127 Å². The molecule has 2 aliphatic rings. The summed E-state index contributed by atoms with van der Waals surface area (Å²) in [4.78, 5) is 4.83. The fraction of sp³-hybridized carbons (Fsp3) is 0.647. The van der Waals surface area contributed by atoms with Gasteiger partial charge in [-0.3, -0.25) is 4.90 Å². The molecule has 2 unspecified atom stereocenters. The molecule has 0 bridgehead atoms. The van der Waals surface area contributed by atoms with Crippen LogP contribution in [0.5, 0.6) is 0 Å². The number of nitrogens with zero attached hydrogens (tertiary/aromatic N) is 2. The second-order valence-electron chi connectivity index (χ2n) is 6.29. The van der Waals surface area contributed by atoms with Crippen LogP contribution in [0, 0.1) is 5.92 Å². The summed E-state index contributed by atoms with van der Waals surface area (Å²) in [7, 11) is 0. The molecule has 0 saturated carbocycles. The van der Waals surface area contributed by atoms with E-state index in [1.807, 2.05) is 6.92 Å². The molecule has 1 aromatic carbocycles. The van der Waals surface area contributed by atoms with E-state index in [2.05, 4.69) is 34.1 Å². The molecular formula is C17H26N2O2. The molecule has 2 heterocycles. The van der Waals surface area contributed by atoms with Crippen LogP contribution in [0.4, 0.5) is 5.69 Å². The van der Waals surface area contributed by atoms with Crippen LogP contribution in [-0.4, -0.2) is 55.5 Å². The lowest BCUT2D eigenvalue weighted by molar-refractivity contribution is 0.122. The van der Waals surface area contributed by atoms with Crippen molar-refractivity contribution in [1.82, 2.24) is 4.90 Å². The van der Waals surface area contributed by atoms with Crippen LogP contribution in [0.2, 0.25) is 0 Å². The number of ether oxygens (including phenoxy) is 1. The molecule has 21 heavy (non-hydrogen) atoms. The Hall–Kier alpha value is -1.10. The first-order chi connectivity index (χ1) is 10.2. The predicted molar refractivity (Wildman–Crippen MR) is 84.5 cm³/mol. The summed E-state index contributed by atoms with van der Waals surface area (Å²) in [5, 5.41) is 9.67. The Balaban J connectivity index is 1.55. The number of hydrogen-bond acceptors (Lipinski definition) is 4. The highest BCUT2D eigenvalue weighted by atomic mass is 16.5. The first-order valence-corrected chi connectivity index (χ1v) is 8.04. The van der Waals surface area contributed by atoms with E-state index in [0.29, 0.717) is 5.92 Å². The van der Waals surface area contributed by atoms with Gasteiger partial charge in [0, 0.05) is 31.9 Å². The van der Waals surface area contributed by atoms with Gasteiger partial charge in [0.15, 0.2) is 0 Å². The lowest BCUT2D eigenvalue weighted by Crippen LogP contribution is -2.36. The normalized spacial score (nSPS) is 25.2. The molecule has 0 amide bonds. The van der Waals surface area contributed by atoms with E-state index in [1.54, 1.807) is 0 Å². The number of benzene rings is 1. The fourth-order valence-electron chi connectivity index (χ4n) is 3.29. The maximum atomic E-state index is 9.67. The van der Waals surface area contributed by atoms with E-state index in [9.17, 15) is 5.11 Å². The molecule has 0 aromatic heterocycles. The Morgan fingerprint density at radius 2 is 1.90 bits per heavy atom. The SMILES string of the molecule is CC(O)C1CCN(Cc2ccc(N3CCOCC3)cc2)C1. The fourth-order valence-corrected chi connectivity index (χ4v) is 3.29. The van der Waals surface area contributed by atoms with Crippen LogP contribution in [-0.2, 0) is 11.3 Å². The van der Waals surface area contributed by atoms with Gasteiger partial charge in [0.05, 0.1) is 19.3 Å². The zero-order chi connectivity index (χ0) is 14.7. The molecular weight excluding hydrogens is 264 g/mol. The molecule has 0 radical (unpaired) electrons. The molecule has 1 aromatic rings.